The third kappa shape index (κ3) is 1.59. The number of aromatic carboxylic acids is 1. The number of hydrogen-bond donors (Lipinski definition) is 2. The molecule has 1 aromatic heterocycles. The van der Waals surface area contributed by atoms with E-state index in [9.17, 15) is 9.90 Å². The van der Waals surface area contributed by atoms with Crippen molar-refractivity contribution < 1.29 is 15.0 Å². The summed E-state index contributed by atoms with van der Waals surface area (Å²) in [6.45, 7) is 0. The van der Waals surface area contributed by atoms with Gasteiger partial charge in [0.05, 0.1) is 5.56 Å². The number of rotatable bonds is 1. The van der Waals surface area contributed by atoms with E-state index in [1.54, 1.807) is 0 Å². The quantitative estimate of drug-likeness (QED) is 0.778. The molecule has 0 fully saturated rings. The Bertz CT molecular complexity index is 554. The van der Waals surface area contributed by atoms with Crippen molar-refractivity contribution in [1.29, 1.82) is 0 Å². The maximum absolute atomic E-state index is 10.9. The summed E-state index contributed by atoms with van der Waals surface area (Å²) in [5.74, 6) is -1.20. The van der Waals surface area contributed by atoms with Crippen molar-refractivity contribution in [3.63, 3.8) is 0 Å². The first-order chi connectivity index (χ1) is 7.09. The summed E-state index contributed by atoms with van der Waals surface area (Å²) in [7, 11) is 0. The fraction of sp³-hybridized carbons (Fsp3) is 0. The molecule has 15 heavy (non-hydrogen) atoms. The Morgan fingerprint density at radius 1 is 1.40 bits per heavy atom. The second kappa shape index (κ2) is 3.40. The number of carboxylic acids is 1. The molecule has 0 aliphatic heterocycles. The Labute approximate surface area is 89.8 Å². The van der Waals surface area contributed by atoms with Gasteiger partial charge in [0, 0.05) is 22.7 Å². The first-order valence-electron chi connectivity index (χ1n) is 4.10. The van der Waals surface area contributed by atoms with E-state index in [2.05, 4.69) is 4.98 Å². The largest absolute Gasteiger partial charge is 0.506 e. The van der Waals surface area contributed by atoms with Gasteiger partial charge in [0.15, 0.2) is 0 Å². The molecule has 0 unspecified atom stereocenters. The van der Waals surface area contributed by atoms with Crippen LogP contribution in [0.1, 0.15) is 10.4 Å². The van der Waals surface area contributed by atoms with Crippen LogP contribution >= 0.6 is 11.6 Å². The fourth-order valence-electron chi connectivity index (χ4n) is 1.39. The first-order valence-corrected chi connectivity index (χ1v) is 4.48. The molecule has 76 valence electrons. The second-order valence-electron chi connectivity index (χ2n) is 2.98. The number of aromatic hydroxyl groups is 1. The van der Waals surface area contributed by atoms with Crippen LogP contribution in [0.5, 0.6) is 5.75 Å². The maximum atomic E-state index is 10.9. The third-order valence-electron chi connectivity index (χ3n) is 2.02. The third-order valence-corrected chi connectivity index (χ3v) is 2.24. The van der Waals surface area contributed by atoms with Gasteiger partial charge in [-0.1, -0.05) is 11.6 Å². The highest BCUT2D eigenvalue weighted by Crippen LogP contribution is 2.29. The molecule has 0 aliphatic carbocycles. The summed E-state index contributed by atoms with van der Waals surface area (Å²) in [5, 5.41) is 19.0. The molecule has 5 heteroatoms. The zero-order valence-corrected chi connectivity index (χ0v) is 8.19. The van der Waals surface area contributed by atoms with Gasteiger partial charge in [-0.25, -0.2) is 4.79 Å². The molecule has 2 rings (SSSR count). The summed E-state index contributed by atoms with van der Waals surface area (Å²) in [6, 6.07) is 4.15. The van der Waals surface area contributed by atoms with E-state index in [0.717, 1.165) is 0 Å². The highest BCUT2D eigenvalue weighted by molar-refractivity contribution is 6.31. The van der Waals surface area contributed by atoms with Gasteiger partial charge in [-0.05, 0) is 12.1 Å². The molecule has 0 amide bonds. The maximum Gasteiger partial charge on any atom is 0.336 e. The zero-order chi connectivity index (χ0) is 11.0. The van der Waals surface area contributed by atoms with Gasteiger partial charge in [0.1, 0.15) is 11.3 Å². The van der Waals surface area contributed by atoms with Crippen LogP contribution in [0.3, 0.4) is 0 Å². The summed E-state index contributed by atoms with van der Waals surface area (Å²) in [6.07, 6.45) is 1.33. The highest BCUT2D eigenvalue weighted by atomic mass is 35.5. The zero-order valence-electron chi connectivity index (χ0n) is 7.44. The van der Waals surface area contributed by atoms with Gasteiger partial charge in [-0.3, -0.25) is 4.98 Å². The number of phenolic OH excluding ortho intramolecular Hbond substituents is 1. The fourth-order valence-corrected chi connectivity index (χ4v) is 1.60. The van der Waals surface area contributed by atoms with Gasteiger partial charge < -0.3 is 10.2 Å². The Balaban J connectivity index is 2.91. The number of phenols is 1. The number of pyridine rings is 1. The van der Waals surface area contributed by atoms with E-state index >= 15 is 0 Å². The molecule has 0 saturated carbocycles. The van der Waals surface area contributed by atoms with E-state index in [4.69, 9.17) is 16.7 Å². The van der Waals surface area contributed by atoms with Crippen molar-refractivity contribution in [2.45, 2.75) is 0 Å². The van der Waals surface area contributed by atoms with Crippen molar-refractivity contribution in [2.75, 3.05) is 0 Å². The van der Waals surface area contributed by atoms with Crippen LogP contribution in [0.2, 0.25) is 5.02 Å². The minimum absolute atomic E-state index is 0.0674. The van der Waals surface area contributed by atoms with E-state index in [0.29, 0.717) is 5.39 Å². The number of carboxylic acid groups (broad SMARTS) is 1. The van der Waals surface area contributed by atoms with Crippen LogP contribution in [-0.4, -0.2) is 21.2 Å². The second-order valence-corrected chi connectivity index (χ2v) is 3.42. The van der Waals surface area contributed by atoms with Gasteiger partial charge in [-0.15, -0.1) is 0 Å². The van der Waals surface area contributed by atoms with Crippen LogP contribution in [0, 0.1) is 0 Å². The Kier molecular flexibility index (Phi) is 2.21. The van der Waals surface area contributed by atoms with Gasteiger partial charge in [0.25, 0.3) is 0 Å². The number of fused-ring (bicyclic) bond motifs is 1. The lowest BCUT2D eigenvalue weighted by Gasteiger charge is -2.03. The topological polar surface area (TPSA) is 70.4 Å². The molecule has 0 spiro atoms. The van der Waals surface area contributed by atoms with Gasteiger partial charge >= 0.3 is 5.97 Å². The normalized spacial score (nSPS) is 10.5. The number of aromatic nitrogens is 1. The molecule has 0 bridgehead atoms. The molecule has 0 saturated heterocycles. The number of carbonyl (C=O) groups is 1. The van der Waals surface area contributed by atoms with Crippen LogP contribution < -0.4 is 0 Å². The van der Waals surface area contributed by atoms with Gasteiger partial charge in [-0.2, -0.15) is 0 Å². The summed E-state index contributed by atoms with van der Waals surface area (Å²) in [4.78, 5) is 14.8. The van der Waals surface area contributed by atoms with Crippen LogP contribution in [0.4, 0.5) is 0 Å². The standard InChI is InChI=1S/C10H6ClNO3/c11-5-3-7-6(10(14)15)1-2-12-9(7)8(13)4-5/h1-4,13H,(H,14,15). The van der Waals surface area contributed by atoms with E-state index < -0.39 is 5.97 Å². The minimum Gasteiger partial charge on any atom is -0.506 e. The summed E-state index contributed by atoms with van der Waals surface area (Å²) < 4.78 is 0. The Morgan fingerprint density at radius 3 is 2.80 bits per heavy atom. The van der Waals surface area contributed by atoms with E-state index in [1.165, 1.54) is 24.4 Å². The van der Waals surface area contributed by atoms with Crippen molar-refractivity contribution in [3.05, 3.63) is 35.0 Å². The number of hydrogen-bond acceptors (Lipinski definition) is 3. The predicted molar refractivity (Wildman–Crippen MR) is 55.4 cm³/mol. The van der Waals surface area contributed by atoms with Crippen LogP contribution in [0.25, 0.3) is 10.9 Å². The molecule has 1 aromatic carbocycles. The molecule has 4 nitrogen and oxygen atoms in total. The van der Waals surface area contributed by atoms with Crippen molar-refractivity contribution in [3.8, 4) is 5.75 Å². The monoisotopic (exact) mass is 223 g/mol. The lowest BCUT2D eigenvalue weighted by Crippen LogP contribution is -1.98. The molecule has 2 aromatic rings. The number of nitrogens with zero attached hydrogens (tertiary/aromatic N) is 1. The summed E-state index contributed by atoms with van der Waals surface area (Å²) >= 11 is 5.72. The Morgan fingerprint density at radius 2 is 2.13 bits per heavy atom. The molecule has 0 aliphatic rings. The highest BCUT2D eigenvalue weighted by Gasteiger charge is 2.11. The molecule has 0 radical (unpaired) electrons. The minimum atomic E-state index is -1.08. The predicted octanol–water partition coefficient (Wildman–Crippen LogP) is 2.29. The SMILES string of the molecule is O=C(O)c1ccnc2c(O)cc(Cl)cc12. The number of benzene rings is 1. The van der Waals surface area contributed by atoms with Crippen LogP contribution in [-0.2, 0) is 0 Å². The number of halogens is 1. The van der Waals surface area contributed by atoms with E-state index in [-0.39, 0.29) is 21.9 Å². The molecular formula is C10H6ClNO3. The lowest BCUT2D eigenvalue weighted by molar-refractivity contribution is 0.0699. The molecule has 1 heterocycles. The Hall–Kier alpha value is -1.81. The first kappa shape index (κ1) is 9.73. The van der Waals surface area contributed by atoms with E-state index in [1.807, 2.05) is 0 Å². The lowest BCUT2D eigenvalue weighted by atomic mass is 10.1. The van der Waals surface area contributed by atoms with Crippen molar-refractivity contribution in [1.82, 2.24) is 4.98 Å². The average molecular weight is 224 g/mol. The van der Waals surface area contributed by atoms with Gasteiger partial charge in [0.2, 0.25) is 0 Å². The smallest absolute Gasteiger partial charge is 0.336 e. The average Bonchev–Trinajstić information content (AvgIpc) is 2.16. The molecule has 2 N–H and O–H groups in total. The summed E-state index contributed by atoms with van der Waals surface area (Å²) in [5.41, 5.74) is 0.303. The molecule has 0 atom stereocenters. The van der Waals surface area contributed by atoms with Crippen LogP contribution in [0.15, 0.2) is 24.4 Å². The van der Waals surface area contributed by atoms with Crippen molar-refractivity contribution in [2.24, 2.45) is 0 Å². The molecular weight excluding hydrogens is 218 g/mol. The van der Waals surface area contributed by atoms with Crippen molar-refractivity contribution >= 4 is 28.5 Å².